The van der Waals surface area contributed by atoms with Crippen molar-refractivity contribution in [3.8, 4) is 0 Å². The number of aliphatic hydroxyl groups excluding tert-OH is 1. The third kappa shape index (κ3) is 7.94. The van der Waals surface area contributed by atoms with Gasteiger partial charge in [-0.3, -0.25) is 0 Å². The van der Waals surface area contributed by atoms with Crippen molar-refractivity contribution in [3.05, 3.63) is 0 Å². The van der Waals surface area contributed by atoms with Crippen molar-refractivity contribution in [1.29, 1.82) is 0 Å². The van der Waals surface area contributed by atoms with Crippen LogP contribution in [0.4, 0.5) is 0 Å². The number of aliphatic hydroxyl groups is 1. The quantitative estimate of drug-likeness (QED) is 0.842. The summed E-state index contributed by atoms with van der Waals surface area (Å²) in [7, 11) is 0. The second-order valence-corrected chi connectivity index (χ2v) is 7.64. The predicted molar refractivity (Wildman–Crippen MR) is 96.2 cm³/mol. The molecule has 2 aliphatic rings. The monoisotopic (exact) mass is 312 g/mol. The zero-order valence-corrected chi connectivity index (χ0v) is 15.6. The SMILES string of the molecule is CC(C)C(C)CO.CCN1CCN(CC2CCCCC2)CC1. The first-order valence-corrected chi connectivity index (χ1v) is 9.62. The fourth-order valence-electron chi connectivity index (χ4n) is 3.23. The van der Waals surface area contributed by atoms with Crippen molar-refractivity contribution in [2.24, 2.45) is 17.8 Å². The fraction of sp³-hybridized carbons (Fsp3) is 1.00. The summed E-state index contributed by atoms with van der Waals surface area (Å²) >= 11 is 0. The summed E-state index contributed by atoms with van der Waals surface area (Å²) in [6.45, 7) is 16.7. The Morgan fingerprint density at radius 2 is 1.45 bits per heavy atom. The molecular formula is C19H40N2O. The van der Waals surface area contributed by atoms with E-state index in [0.717, 1.165) is 5.92 Å². The number of rotatable bonds is 5. The van der Waals surface area contributed by atoms with Gasteiger partial charge in [0, 0.05) is 39.3 Å². The first-order chi connectivity index (χ1) is 10.6. The molecular weight excluding hydrogens is 272 g/mol. The Morgan fingerprint density at radius 1 is 0.909 bits per heavy atom. The zero-order chi connectivity index (χ0) is 16.4. The lowest BCUT2D eigenvalue weighted by Gasteiger charge is -2.36. The molecule has 2 fully saturated rings. The molecule has 22 heavy (non-hydrogen) atoms. The highest BCUT2D eigenvalue weighted by atomic mass is 16.3. The van der Waals surface area contributed by atoms with E-state index in [4.69, 9.17) is 5.11 Å². The second kappa shape index (κ2) is 11.4. The minimum Gasteiger partial charge on any atom is -0.396 e. The molecule has 1 heterocycles. The maximum absolute atomic E-state index is 8.51. The van der Waals surface area contributed by atoms with Crippen LogP contribution in [0.3, 0.4) is 0 Å². The van der Waals surface area contributed by atoms with E-state index in [2.05, 4.69) is 30.6 Å². The average molecular weight is 313 g/mol. The fourth-order valence-corrected chi connectivity index (χ4v) is 3.23. The molecule has 132 valence electrons. The molecule has 0 radical (unpaired) electrons. The largest absolute Gasteiger partial charge is 0.396 e. The van der Waals surface area contributed by atoms with E-state index >= 15 is 0 Å². The summed E-state index contributed by atoms with van der Waals surface area (Å²) < 4.78 is 0. The van der Waals surface area contributed by atoms with Gasteiger partial charge in [0.2, 0.25) is 0 Å². The van der Waals surface area contributed by atoms with Crippen molar-refractivity contribution >= 4 is 0 Å². The van der Waals surface area contributed by atoms with Crippen molar-refractivity contribution in [2.45, 2.75) is 59.8 Å². The van der Waals surface area contributed by atoms with E-state index in [9.17, 15) is 0 Å². The van der Waals surface area contributed by atoms with Gasteiger partial charge in [0.05, 0.1) is 0 Å². The normalized spacial score (nSPS) is 23.2. The van der Waals surface area contributed by atoms with Gasteiger partial charge in [0.15, 0.2) is 0 Å². The molecule has 1 aliphatic heterocycles. The standard InChI is InChI=1S/C13H26N2.C6H14O/c1-2-14-8-10-15(11-9-14)12-13-6-4-3-5-7-13;1-5(2)6(3)4-7/h13H,2-12H2,1H3;5-7H,4H2,1-3H3. The Kier molecular flexibility index (Phi) is 10.3. The van der Waals surface area contributed by atoms with E-state index in [1.807, 2.05) is 6.92 Å². The predicted octanol–water partition coefficient (Wildman–Crippen LogP) is 3.48. The minimum absolute atomic E-state index is 0.317. The molecule has 0 aromatic heterocycles. The Labute approximate surface area is 139 Å². The van der Waals surface area contributed by atoms with Gasteiger partial charge < -0.3 is 14.9 Å². The highest BCUT2D eigenvalue weighted by Crippen LogP contribution is 2.24. The first-order valence-electron chi connectivity index (χ1n) is 9.62. The molecule has 1 N–H and O–H groups in total. The van der Waals surface area contributed by atoms with Gasteiger partial charge in [0.25, 0.3) is 0 Å². The molecule has 0 bridgehead atoms. The van der Waals surface area contributed by atoms with Crippen LogP contribution in [0.15, 0.2) is 0 Å². The summed E-state index contributed by atoms with van der Waals surface area (Å²) in [5.41, 5.74) is 0. The summed E-state index contributed by atoms with van der Waals surface area (Å²) in [5, 5.41) is 8.51. The summed E-state index contributed by atoms with van der Waals surface area (Å²) in [4.78, 5) is 5.26. The van der Waals surface area contributed by atoms with Crippen LogP contribution >= 0.6 is 0 Å². The van der Waals surface area contributed by atoms with Crippen LogP contribution < -0.4 is 0 Å². The summed E-state index contributed by atoms with van der Waals surface area (Å²) in [6.07, 6.45) is 7.45. The smallest absolute Gasteiger partial charge is 0.0459 e. The number of hydrogen-bond donors (Lipinski definition) is 1. The Morgan fingerprint density at radius 3 is 1.86 bits per heavy atom. The van der Waals surface area contributed by atoms with Gasteiger partial charge in [-0.05, 0) is 37.1 Å². The average Bonchev–Trinajstić information content (AvgIpc) is 2.56. The van der Waals surface area contributed by atoms with Crippen molar-refractivity contribution in [3.63, 3.8) is 0 Å². The van der Waals surface area contributed by atoms with Crippen molar-refractivity contribution < 1.29 is 5.11 Å². The maximum atomic E-state index is 8.51. The molecule has 1 saturated heterocycles. The molecule has 3 nitrogen and oxygen atoms in total. The van der Waals surface area contributed by atoms with E-state index in [0.29, 0.717) is 18.4 Å². The van der Waals surface area contributed by atoms with Crippen LogP contribution in [0.1, 0.15) is 59.8 Å². The molecule has 0 amide bonds. The highest BCUT2D eigenvalue weighted by molar-refractivity contribution is 4.75. The Hall–Kier alpha value is -0.120. The Bertz CT molecular complexity index is 256. The van der Waals surface area contributed by atoms with Crippen LogP contribution in [-0.2, 0) is 0 Å². The number of nitrogens with zero attached hydrogens (tertiary/aromatic N) is 2. The summed E-state index contributed by atoms with van der Waals surface area (Å²) in [6, 6.07) is 0. The van der Waals surface area contributed by atoms with Crippen LogP contribution in [0.5, 0.6) is 0 Å². The van der Waals surface area contributed by atoms with Crippen LogP contribution in [0, 0.1) is 17.8 Å². The lowest BCUT2D eigenvalue weighted by Crippen LogP contribution is -2.47. The topological polar surface area (TPSA) is 26.7 Å². The second-order valence-electron chi connectivity index (χ2n) is 7.64. The van der Waals surface area contributed by atoms with Gasteiger partial charge in [0.1, 0.15) is 0 Å². The van der Waals surface area contributed by atoms with E-state index in [-0.39, 0.29) is 0 Å². The van der Waals surface area contributed by atoms with Crippen molar-refractivity contribution in [1.82, 2.24) is 9.80 Å². The number of hydrogen-bond acceptors (Lipinski definition) is 3. The van der Waals surface area contributed by atoms with Gasteiger partial charge >= 0.3 is 0 Å². The van der Waals surface area contributed by atoms with Gasteiger partial charge in [-0.25, -0.2) is 0 Å². The van der Waals surface area contributed by atoms with Crippen LogP contribution in [0.2, 0.25) is 0 Å². The molecule has 1 unspecified atom stereocenters. The zero-order valence-electron chi connectivity index (χ0n) is 15.6. The lowest BCUT2D eigenvalue weighted by molar-refractivity contribution is 0.113. The molecule has 1 atom stereocenters. The maximum Gasteiger partial charge on any atom is 0.0459 e. The van der Waals surface area contributed by atoms with Crippen LogP contribution in [-0.4, -0.2) is 60.8 Å². The molecule has 0 spiro atoms. The van der Waals surface area contributed by atoms with Gasteiger partial charge in [-0.1, -0.05) is 47.0 Å². The van der Waals surface area contributed by atoms with E-state index < -0.39 is 0 Å². The Balaban J connectivity index is 0.000000295. The summed E-state index contributed by atoms with van der Waals surface area (Å²) in [5.74, 6) is 2.09. The molecule has 3 heteroatoms. The lowest BCUT2D eigenvalue weighted by atomic mass is 9.89. The first kappa shape index (κ1) is 19.9. The van der Waals surface area contributed by atoms with E-state index in [1.165, 1.54) is 71.4 Å². The highest BCUT2D eigenvalue weighted by Gasteiger charge is 2.20. The van der Waals surface area contributed by atoms with Crippen molar-refractivity contribution in [2.75, 3.05) is 45.9 Å². The van der Waals surface area contributed by atoms with Gasteiger partial charge in [-0.15, -0.1) is 0 Å². The third-order valence-corrected chi connectivity index (χ3v) is 5.58. The molecule has 1 aliphatic carbocycles. The van der Waals surface area contributed by atoms with Gasteiger partial charge in [-0.2, -0.15) is 0 Å². The molecule has 0 aromatic rings. The number of piperazine rings is 1. The molecule has 1 saturated carbocycles. The number of likely N-dealkylation sites (N-methyl/N-ethyl adjacent to an activating group) is 1. The van der Waals surface area contributed by atoms with Crippen LogP contribution in [0.25, 0.3) is 0 Å². The van der Waals surface area contributed by atoms with E-state index in [1.54, 1.807) is 0 Å². The third-order valence-electron chi connectivity index (χ3n) is 5.58. The molecule has 2 rings (SSSR count). The minimum atomic E-state index is 0.317. The molecule has 0 aromatic carbocycles.